The fourth-order valence-corrected chi connectivity index (χ4v) is 3.06. The molecule has 0 unspecified atom stereocenters. The highest BCUT2D eigenvalue weighted by Crippen LogP contribution is 2.17. The molecule has 2 aromatic rings. The Bertz CT molecular complexity index is 755. The third-order valence-corrected chi connectivity index (χ3v) is 4.59. The van der Waals surface area contributed by atoms with Gasteiger partial charge in [0.25, 0.3) is 16.0 Å². The summed E-state index contributed by atoms with van der Waals surface area (Å²) in [5.41, 5.74) is 1.53. The molecule has 0 heterocycles. The number of nitrogens with one attached hydrogen (secondary N) is 1. The largest absolute Gasteiger partial charge is 0.324 e. The lowest BCUT2D eigenvalue weighted by Crippen LogP contribution is -2.32. The Hall–Kier alpha value is -2.18. The van der Waals surface area contributed by atoms with E-state index >= 15 is 0 Å². The first-order chi connectivity index (χ1) is 10.9. The fourth-order valence-electron chi connectivity index (χ4n) is 1.95. The lowest BCUT2D eigenvalue weighted by molar-refractivity contribution is -0.122. The summed E-state index contributed by atoms with van der Waals surface area (Å²) in [6.45, 7) is 3.55. The monoisotopic (exact) mass is 333 g/mol. The van der Waals surface area contributed by atoms with Crippen molar-refractivity contribution < 1.29 is 17.4 Å². The van der Waals surface area contributed by atoms with Crippen LogP contribution in [0.4, 0.5) is 5.69 Å². The zero-order valence-electron chi connectivity index (χ0n) is 13.0. The van der Waals surface area contributed by atoms with Crippen molar-refractivity contribution in [3.63, 3.8) is 0 Å². The summed E-state index contributed by atoms with van der Waals surface area (Å²) < 4.78 is 29.6. The molecule has 2 rings (SSSR count). The van der Waals surface area contributed by atoms with Gasteiger partial charge in [0, 0.05) is 5.69 Å². The van der Waals surface area contributed by atoms with Crippen molar-refractivity contribution in [3.8, 4) is 0 Å². The Balaban J connectivity index is 2.11. The molecule has 6 heteroatoms. The van der Waals surface area contributed by atoms with Gasteiger partial charge in [-0.2, -0.15) is 8.42 Å². The molecule has 0 bridgehead atoms. The van der Waals surface area contributed by atoms with Crippen molar-refractivity contribution >= 4 is 21.7 Å². The minimum atomic E-state index is -3.99. The first-order valence-corrected chi connectivity index (χ1v) is 8.69. The molecule has 0 spiro atoms. The molecule has 0 radical (unpaired) electrons. The third kappa shape index (κ3) is 4.64. The molecule has 1 N–H and O–H groups in total. The minimum absolute atomic E-state index is 0.0362. The van der Waals surface area contributed by atoms with Gasteiger partial charge in [0.05, 0.1) is 4.90 Å². The highest BCUT2D eigenvalue weighted by Gasteiger charge is 2.26. The van der Waals surface area contributed by atoms with Crippen LogP contribution in [0.25, 0.3) is 0 Å². The van der Waals surface area contributed by atoms with E-state index in [9.17, 15) is 13.2 Å². The van der Waals surface area contributed by atoms with Crippen LogP contribution in [-0.2, 0) is 19.1 Å². The summed E-state index contributed by atoms with van der Waals surface area (Å²) in [5, 5.41) is 2.65. The number of amides is 1. The van der Waals surface area contributed by atoms with Crippen molar-refractivity contribution in [3.05, 3.63) is 60.2 Å². The van der Waals surface area contributed by atoms with Crippen LogP contribution in [0.2, 0.25) is 0 Å². The van der Waals surface area contributed by atoms with E-state index < -0.39 is 22.1 Å². The molecule has 0 aliphatic heterocycles. The second-order valence-electron chi connectivity index (χ2n) is 5.12. The standard InChI is InChI=1S/C17H19NO4S/c1-3-16(17(19)18-14-7-5-4-6-8-14)22-23(20,21)15-11-9-13(2)10-12-15/h4-12,16H,3H2,1-2H3,(H,18,19)/t16-/m0/s1. The van der Waals surface area contributed by atoms with Crippen LogP contribution in [0.5, 0.6) is 0 Å². The van der Waals surface area contributed by atoms with Crippen molar-refractivity contribution in [1.82, 2.24) is 0 Å². The summed E-state index contributed by atoms with van der Waals surface area (Å²) in [4.78, 5) is 12.2. The molecule has 1 amide bonds. The average molecular weight is 333 g/mol. The summed E-state index contributed by atoms with van der Waals surface area (Å²) in [5.74, 6) is -0.491. The first-order valence-electron chi connectivity index (χ1n) is 7.28. The maximum Gasteiger partial charge on any atom is 0.297 e. The highest BCUT2D eigenvalue weighted by molar-refractivity contribution is 7.86. The molecule has 23 heavy (non-hydrogen) atoms. The van der Waals surface area contributed by atoms with E-state index in [0.717, 1.165) is 5.56 Å². The van der Waals surface area contributed by atoms with Crippen molar-refractivity contribution in [2.75, 3.05) is 5.32 Å². The van der Waals surface area contributed by atoms with Crippen LogP contribution in [0.3, 0.4) is 0 Å². The molecule has 122 valence electrons. The molecule has 2 aromatic carbocycles. The van der Waals surface area contributed by atoms with E-state index in [1.165, 1.54) is 12.1 Å². The van der Waals surface area contributed by atoms with E-state index in [1.807, 2.05) is 13.0 Å². The normalized spacial score (nSPS) is 12.6. The van der Waals surface area contributed by atoms with Crippen LogP contribution < -0.4 is 5.32 Å². The van der Waals surface area contributed by atoms with Gasteiger partial charge in [-0.1, -0.05) is 42.8 Å². The fraction of sp³-hybridized carbons (Fsp3) is 0.235. The van der Waals surface area contributed by atoms with Gasteiger partial charge < -0.3 is 5.32 Å². The number of rotatable bonds is 6. The Labute approximate surface area is 136 Å². The summed E-state index contributed by atoms with van der Waals surface area (Å²) >= 11 is 0. The van der Waals surface area contributed by atoms with Crippen LogP contribution in [-0.4, -0.2) is 20.4 Å². The first kappa shape index (κ1) is 17.2. The lowest BCUT2D eigenvalue weighted by atomic mass is 10.2. The maximum atomic E-state index is 12.3. The van der Waals surface area contributed by atoms with Gasteiger partial charge in [-0.05, 0) is 37.6 Å². The number of carbonyl (C=O) groups excluding carboxylic acids is 1. The summed E-state index contributed by atoms with van der Waals surface area (Å²) in [7, 11) is -3.99. The molecule has 0 aliphatic rings. The van der Waals surface area contributed by atoms with Gasteiger partial charge in [-0.3, -0.25) is 8.98 Å². The van der Waals surface area contributed by atoms with Crippen LogP contribution in [0, 0.1) is 6.92 Å². The Morgan fingerprint density at radius 1 is 1.09 bits per heavy atom. The van der Waals surface area contributed by atoms with Gasteiger partial charge >= 0.3 is 0 Å². The number of para-hydroxylation sites is 1. The number of anilines is 1. The molecule has 0 aliphatic carbocycles. The second-order valence-corrected chi connectivity index (χ2v) is 6.69. The van der Waals surface area contributed by atoms with E-state index in [-0.39, 0.29) is 11.3 Å². The lowest BCUT2D eigenvalue weighted by Gasteiger charge is -2.16. The third-order valence-electron chi connectivity index (χ3n) is 3.26. The summed E-state index contributed by atoms with van der Waals surface area (Å²) in [6.07, 6.45) is -0.842. The molecule has 0 aromatic heterocycles. The number of hydrogen-bond acceptors (Lipinski definition) is 4. The van der Waals surface area contributed by atoms with E-state index in [0.29, 0.717) is 5.69 Å². The van der Waals surface area contributed by atoms with Gasteiger partial charge in [0.2, 0.25) is 0 Å². The van der Waals surface area contributed by atoms with E-state index in [4.69, 9.17) is 4.18 Å². The number of hydrogen-bond donors (Lipinski definition) is 1. The van der Waals surface area contributed by atoms with E-state index in [2.05, 4.69) is 5.32 Å². The average Bonchev–Trinajstić information content (AvgIpc) is 2.54. The highest BCUT2D eigenvalue weighted by atomic mass is 32.2. The zero-order valence-corrected chi connectivity index (χ0v) is 13.8. The quantitative estimate of drug-likeness (QED) is 0.825. The van der Waals surface area contributed by atoms with Crippen molar-refractivity contribution in [2.24, 2.45) is 0 Å². The number of benzene rings is 2. The zero-order chi connectivity index (χ0) is 16.9. The van der Waals surface area contributed by atoms with E-state index in [1.54, 1.807) is 43.3 Å². The van der Waals surface area contributed by atoms with Crippen LogP contribution in [0.1, 0.15) is 18.9 Å². The molecule has 0 saturated heterocycles. The number of aryl methyl sites for hydroxylation is 1. The molecular weight excluding hydrogens is 314 g/mol. The summed E-state index contributed by atoms with van der Waals surface area (Å²) in [6, 6.07) is 15.1. The van der Waals surface area contributed by atoms with Crippen molar-refractivity contribution in [2.45, 2.75) is 31.3 Å². The predicted molar refractivity (Wildman–Crippen MR) is 88.6 cm³/mol. The van der Waals surface area contributed by atoms with Gasteiger partial charge in [-0.15, -0.1) is 0 Å². The Morgan fingerprint density at radius 2 is 1.70 bits per heavy atom. The van der Waals surface area contributed by atoms with Gasteiger partial charge in [0.15, 0.2) is 6.10 Å². The molecule has 0 fully saturated rings. The predicted octanol–water partition coefficient (Wildman–Crippen LogP) is 3.12. The second kappa shape index (κ2) is 7.39. The maximum absolute atomic E-state index is 12.3. The smallest absolute Gasteiger partial charge is 0.297 e. The minimum Gasteiger partial charge on any atom is -0.324 e. The molecule has 1 atom stereocenters. The molecule has 0 saturated carbocycles. The topological polar surface area (TPSA) is 72.5 Å². The van der Waals surface area contributed by atoms with Crippen molar-refractivity contribution in [1.29, 1.82) is 0 Å². The van der Waals surface area contributed by atoms with Crippen LogP contribution in [0.15, 0.2) is 59.5 Å². The number of carbonyl (C=O) groups is 1. The van der Waals surface area contributed by atoms with Crippen LogP contribution >= 0.6 is 0 Å². The van der Waals surface area contributed by atoms with Gasteiger partial charge in [-0.25, -0.2) is 0 Å². The Kier molecular flexibility index (Phi) is 5.52. The molecular formula is C17H19NO4S. The molecule has 5 nitrogen and oxygen atoms in total. The SMILES string of the molecule is CC[C@H](OS(=O)(=O)c1ccc(C)cc1)C(=O)Nc1ccccc1. The van der Waals surface area contributed by atoms with Gasteiger partial charge in [0.1, 0.15) is 0 Å². The Morgan fingerprint density at radius 3 is 2.26 bits per heavy atom.